The van der Waals surface area contributed by atoms with E-state index in [1.807, 2.05) is 19.1 Å². The fraction of sp³-hybridized carbons (Fsp3) is 0.429. The first-order chi connectivity index (χ1) is 14.0. The maximum atomic E-state index is 13.2. The summed E-state index contributed by atoms with van der Waals surface area (Å²) in [7, 11) is -4.04. The summed E-state index contributed by atoms with van der Waals surface area (Å²) in [6.45, 7) is 7.05. The summed E-state index contributed by atoms with van der Waals surface area (Å²) in [5, 5.41) is 9.67. The third kappa shape index (κ3) is 4.48. The molecule has 2 heterocycles. The lowest BCUT2D eigenvalue weighted by molar-refractivity contribution is -0.174. The normalized spacial score (nSPS) is 21.9. The number of pyridine rings is 1. The SMILES string of the molecule is Cc1ncccc1COc1ccc(S(=O)(=O)N2CC(C)OC(C)(C)C2C(=O)O)cc1. The molecule has 162 valence electrons. The van der Waals surface area contributed by atoms with Crippen molar-refractivity contribution in [3.63, 3.8) is 0 Å². The zero-order valence-corrected chi connectivity index (χ0v) is 18.2. The van der Waals surface area contributed by atoms with E-state index in [1.165, 1.54) is 12.1 Å². The molecule has 0 spiro atoms. The Kier molecular flexibility index (Phi) is 6.16. The maximum absolute atomic E-state index is 13.2. The van der Waals surface area contributed by atoms with Gasteiger partial charge in [-0.3, -0.25) is 9.78 Å². The zero-order chi connectivity index (χ0) is 22.1. The Hall–Kier alpha value is -2.49. The predicted molar refractivity (Wildman–Crippen MR) is 110 cm³/mol. The molecule has 0 saturated carbocycles. The summed E-state index contributed by atoms with van der Waals surface area (Å²) < 4.78 is 38.9. The smallest absolute Gasteiger partial charge is 0.325 e. The number of morpholine rings is 1. The first kappa shape index (κ1) is 22.2. The largest absolute Gasteiger partial charge is 0.489 e. The van der Waals surface area contributed by atoms with Crippen LogP contribution in [0.3, 0.4) is 0 Å². The highest BCUT2D eigenvalue weighted by Crippen LogP contribution is 2.33. The molecule has 3 rings (SSSR count). The lowest BCUT2D eigenvalue weighted by Gasteiger charge is -2.45. The number of sulfonamides is 1. The van der Waals surface area contributed by atoms with E-state index < -0.39 is 33.7 Å². The second-order valence-electron chi connectivity index (χ2n) is 7.86. The van der Waals surface area contributed by atoms with Gasteiger partial charge in [-0.05, 0) is 58.0 Å². The van der Waals surface area contributed by atoms with Crippen LogP contribution in [0.2, 0.25) is 0 Å². The van der Waals surface area contributed by atoms with Gasteiger partial charge in [0.25, 0.3) is 0 Å². The Labute approximate surface area is 176 Å². The first-order valence-corrected chi connectivity index (χ1v) is 11.0. The molecular formula is C21H26N2O6S. The van der Waals surface area contributed by atoms with E-state index in [0.717, 1.165) is 15.6 Å². The molecule has 2 atom stereocenters. The Morgan fingerprint density at radius 2 is 1.97 bits per heavy atom. The molecule has 1 N–H and O–H groups in total. The molecule has 1 aromatic heterocycles. The number of carboxylic acid groups (broad SMARTS) is 1. The summed E-state index contributed by atoms with van der Waals surface area (Å²) >= 11 is 0. The number of aliphatic carboxylic acids is 1. The summed E-state index contributed by atoms with van der Waals surface area (Å²) in [4.78, 5) is 16.1. The number of carbonyl (C=O) groups is 1. The van der Waals surface area contributed by atoms with Crippen molar-refractivity contribution in [2.45, 2.75) is 56.9 Å². The average molecular weight is 435 g/mol. The summed E-state index contributed by atoms with van der Waals surface area (Å²) in [5.41, 5.74) is 0.629. The molecular weight excluding hydrogens is 408 g/mol. The molecule has 1 aromatic carbocycles. The number of rotatable bonds is 6. The number of nitrogens with zero attached hydrogens (tertiary/aromatic N) is 2. The molecule has 9 heteroatoms. The fourth-order valence-corrected chi connectivity index (χ4v) is 5.44. The lowest BCUT2D eigenvalue weighted by Crippen LogP contribution is -2.63. The van der Waals surface area contributed by atoms with Crippen molar-refractivity contribution in [1.82, 2.24) is 9.29 Å². The third-order valence-electron chi connectivity index (χ3n) is 5.06. The predicted octanol–water partition coefficient (Wildman–Crippen LogP) is 2.61. The second kappa shape index (κ2) is 8.33. The van der Waals surface area contributed by atoms with E-state index in [4.69, 9.17) is 9.47 Å². The fourth-order valence-electron chi connectivity index (χ4n) is 3.66. The third-order valence-corrected chi connectivity index (χ3v) is 6.91. The minimum atomic E-state index is -4.04. The number of ether oxygens (including phenoxy) is 2. The van der Waals surface area contributed by atoms with Crippen LogP contribution in [0.15, 0.2) is 47.5 Å². The van der Waals surface area contributed by atoms with E-state index in [0.29, 0.717) is 12.4 Å². The number of carboxylic acids is 1. The van der Waals surface area contributed by atoms with Crippen molar-refractivity contribution >= 4 is 16.0 Å². The molecule has 0 radical (unpaired) electrons. The highest BCUT2D eigenvalue weighted by molar-refractivity contribution is 7.89. The van der Waals surface area contributed by atoms with E-state index in [2.05, 4.69) is 4.98 Å². The van der Waals surface area contributed by atoms with Crippen LogP contribution in [0.5, 0.6) is 5.75 Å². The van der Waals surface area contributed by atoms with E-state index in [1.54, 1.807) is 39.1 Å². The molecule has 1 fully saturated rings. The Bertz CT molecular complexity index is 1020. The van der Waals surface area contributed by atoms with Crippen molar-refractivity contribution in [1.29, 1.82) is 0 Å². The van der Waals surface area contributed by atoms with Gasteiger partial charge in [0.2, 0.25) is 10.0 Å². The minimum absolute atomic E-state index is 0.00329. The van der Waals surface area contributed by atoms with Crippen molar-refractivity contribution in [3.8, 4) is 5.75 Å². The van der Waals surface area contributed by atoms with Crippen LogP contribution in [0, 0.1) is 6.92 Å². The number of benzene rings is 1. The molecule has 1 saturated heterocycles. The minimum Gasteiger partial charge on any atom is -0.489 e. The van der Waals surface area contributed by atoms with Gasteiger partial charge in [0.05, 0.1) is 16.6 Å². The van der Waals surface area contributed by atoms with Crippen LogP contribution >= 0.6 is 0 Å². The topological polar surface area (TPSA) is 106 Å². The monoisotopic (exact) mass is 434 g/mol. The van der Waals surface area contributed by atoms with Crippen molar-refractivity contribution in [2.75, 3.05) is 6.54 Å². The molecule has 8 nitrogen and oxygen atoms in total. The Morgan fingerprint density at radius 3 is 2.57 bits per heavy atom. The van der Waals surface area contributed by atoms with Gasteiger partial charge in [0, 0.05) is 24.0 Å². The molecule has 0 bridgehead atoms. The quantitative estimate of drug-likeness (QED) is 0.745. The van der Waals surface area contributed by atoms with Gasteiger partial charge in [-0.1, -0.05) is 6.07 Å². The van der Waals surface area contributed by atoms with Crippen molar-refractivity contribution < 1.29 is 27.8 Å². The average Bonchev–Trinajstić information content (AvgIpc) is 2.66. The van der Waals surface area contributed by atoms with Gasteiger partial charge in [0.15, 0.2) is 6.04 Å². The zero-order valence-electron chi connectivity index (χ0n) is 17.4. The number of hydrogen-bond acceptors (Lipinski definition) is 6. The summed E-state index contributed by atoms with van der Waals surface area (Å²) in [5.74, 6) is -0.745. The molecule has 1 aliphatic rings. The Morgan fingerprint density at radius 1 is 1.30 bits per heavy atom. The number of hydrogen-bond donors (Lipinski definition) is 1. The van der Waals surface area contributed by atoms with E-state index in [9.17, 15) is 18.3 Å². The highest BCUT2D eigenvalue weighted by Gasteiger charge is 2.50. The lowest BCUT2D eigenvalue weighted by atomic mass is 9.96. The molecule has 0 amide bonds. The summed E-state index contributed by atoms with van der Waals surface area (Å²) in [6.07, 6.45) is 1.27. The van der Waals surface area contributed by atoms with E-state index in [-0.39, 0.29) is 11.4 Å². The van der Waals surface area contributed by atoms with Crippen molar-refractivity contribution in [3.05, 3.63) is 53.9 Å². The maximum Gasteiger partial charge on any atom is 0.325 e. The van der Waals surface area contributed by atoms with Crippen LogP contribution in [0.1, 0.15) is 32.0 Å². The molecule has 2 aromatic rings. The van der Waals surface area contributed by atoms with Crippen LogP contribution in [-0.4, -0.2) is 53.1 Å². The first-order valence-electron chi connectivity index (χ1n) is 9.58. The van der Waals surface area contributed by atoms with Gasteiger partial charge in [-0.2, -0.15) is 4.31 Å². The molecule has 30 heavy (non-hydrogen) atoms. The Balaban J connectivity index is 1.82. The van der Waals surface area contributed by atoms with Gasteiger partial charge in [-0.15, -0.1) is 0 Å². The molecule has 1 aliphatic heterocycles. The molecule has 0 aliphatic carbocycles. The standard InChI is InChI=1S/C21H26N2O6S/c1-14-12-23(19(20(24)25)21(3,4)29-14)30(26,27)18-9-7-17(8-10-18)28-13-16-6-5-11-22-15(16)2/h5-11,14,19H,12-13H2,1-4H3,(H,24,25). The summed E-state index contributed by atoms with van der Waals surface area (Å²) in [6, 6.07) is 8.37. The van der Waals surface area contributed by atoms with Gasteiger partial charge in [-0.25, -0.2) is 8.42 Å². The molecule has 2 unspecified atom stereocenters. The van der Waals surface area contributed by atoms with Crippen LogP contribution in [-0.2, 0) is 26.2 Å². The van der Waals surface area contributed by atoms with Crippen LogP contribution in [0.25, 0.3) is 0 Å². The second-order valence-corrected chi connectivity index (χ2v) is 9.75. The van der Waals surface area contributed by atoms with E-state index >= 15 is 0 Å². The van der Waals surface area contributed by atoms with Crippen molar-refractivity contribution in [2.24, 2.45) is 0 Å². The van der Waals surface area contributed by atoms with Gasteiger partial charge >= 0.3 is 5.97 Å². The van der Waals surface area contributed by atoms with Gasteiger partial charge in [0.1, 0.15) is 12.4 Å². The number of aryl methyl sites for hydroxylation is 1. The highest BCUT2D eigenvalue weighted by atomic mass is 32.2. The number of aromatic nitrogens is 1. The van der Waals surface area contributed by atoms with Crippen LogP contribution in [0.4, 0.5) is 0 Å². The van der Waals surface area contributed by atoms with Crippen LogP contribution < -0.4 is 4.74 Å². The van der Waals surface area contributed by atoms with Gasteiger partial charge < -0.3 is 14.6 Å².